The average molecular weight is 406 g/mol. The number of nitrogens with one attached hydrogen (secondary N) is 2. The highest BCUT2D eigenvalue weighted by atomic mass is 16.4. The summed E-state index contributed by atoms with van der Waals surface area (Å²) in [6.45, 7) is 2.20. The van der Waals surface area contributed by atoms with Crippen molar-refractivity contribution in [2.75, 3.05) is 18.4 Å². The summed E-state index contributed by atoms with van der Waals surface area (Å²) in [5.74, 6) is -7.30. The maximum Gasteiger partial charge on any atom is 0.414 e. The highest BCUT2D eigenvalue weighted by Crippen LogP contribution is 2.19. The molecule has 0 spiro atoms. The second kappa shape index (κ2) is 11.9. The van der Waals surface area contributed by atoms with Crippen molar-refractivity contribution in [1.82, 2.24) is 5.32 Å². The zero-order chi connectivity index (χ0) is 21.8. The van der Waals surface area contributed by atoms with Gasteiger partial charge in [0, 0.05) is 18.3 Å². The highest BCUT2D eigenvalue weighted by Gasteiger charge is 2.13. The molecule has 156 valence electrons. The first-order chi connectivity index (χ1) is 13.7. The van der Waals surface area contributed by atoms with Gasteiger partial charge in [-0.25, -0.2) is 19.2 Å². The third kappa shape index (κ3) is 9.20. The maximum atomic E-state index is 9.10. The van der Waals surface area contributed by atoms with E-state index in [-0.39, 0.29) is 0 Å². The number of fused-ring (bicyclic) bond motifs is 1. The average Bonchev–Trinajstić information content (AvgIpc) is 3.20. The zero-order valence-electron chi connectivity index (χ0n) is 15.4. The molecule has 1 aliphatic heterocycles. The topological polar surface area (TPSA) is 173 Å². The maximum absolute atomic E-state index is 9.10. The second-order valence-corrected chi connectivity index (χ2v) is 5.96. The fourth-order valence-corrected chi connectivity index (χ4v) is 2.47. The van der Waals surface area contributed by atoms with Crippen LogP contribution in [0.5, 0.6) is 0 Å². The summed E-state index contributed by atoms with van der Waals surface area (Å²) in [6.07, 6.45) is 2.60. The van der Waals surface area contributed by atoms with Gasteiger partial charge in [-0.15, -0.1) is 0 Å². The third-order valence-electron chi connectivity index (χ3n) is 3.83. The van der Waals surface area contributed by atoms with E-state index in [0.29, 0.717) is 6.04 Å². The lowest BCUT2D eigenvalue weighted by Crippen LogP contribution is -2.29. The normalized spacial score (nSPS) is 14.6. The Bertz CT molecular complexity index is 814. The number of carbonyl (C=O) groups is 4. The number of hydrogen-bond donors (Lipinski definition) is 6. The van der Waals surface area contributed by atoms with Crippen LogP contribution in [0.2, 0.25) is 0 Å². The third-order valence-corrected chi connectivity index (χ3v) is 3.83. The molecule has 0 saturated carbocycles. The molecule has 1 unspecified atom stereocenters. The first-order valence-corrected chi connectivity index (χ1v) is 8.59. The van der Waals surface area contributed by atoms with Crippen molar-refractivity contribution in [3.63, 3.8) is 0 Å². The van der Waals surface area contributed by atoms with Gasteiger partial charge in [0.05, 0.1) is 0 Å². The molecule has 1 saturated heterocycles. The Morgan fingerprint density at radius 3 is 1.90 bits per heavy atom. The Morgan fingerprint density at radius 1 is 0.862 bits per heavy atom. The molecule has 1 fully saturated rings. The van der Waals surface area contributed by atoms with Crippen molar-refractivity contribution in [2.24, 2.45) is 0 Å². The van der Waals surface area contributed by atoms with Gasteiger partial charge in [-0.05, 0) is 42.3 Å². The van der Waals surface area contributed by atoms with Gasteiger partial charge >= 0.3 is 23.9 Å². The van der Waals surface area contributed by atoms with Crippen LogP contribution in [0, 0.1) is 0 Å². The van der Waals surface area contributed by atoms with Gasteiger partial charge in [-0.2, -0.15) is 0 Å². The molecule has 3 rings (SSSR count). The van der Waals surface area contributed by atoms with Crippen molar-refractivity contribution in [3.8, 4) is 0 Å². The number of rotatable bonds is 3. The Kier molecular flexibility index (Phi) is 9.62. The van der Waals surface area contributed by atoms with Crippen LogP contribution >= 0.6 is 0 Å². The summed E-state index contributed by atoms with van der Waals surface area (Å²) < 4.78 is 0. The lowest BCUT2D eigenvalue weighted by molar-refractivity contribution is -0.159. The van der Waals surface area contributed by atoms with E-state index in [4.69, 9.17) is 39.6 Å². The highest BCUT2D eigenvalue weighted by molar-refractivity contribution is 6.27. The van der Waals surface area contributed by atoms with E-state index >= 15 is 0 Å². The smallest absolute Gasteiger partial charge is 0.414 e. The summed E-state index contributed by atoms with van der Waals surface area (Å²) in [5, 5.41) is 39.2. The molecule has 10 heteroatoms. The number of carboxylic acid groups (broad SMARTS) is 4. The lowest BCUT2D eigenvalue weighted by atomic mass is 10.1. The predicted octanol–water partition coefficient (Wildman–Crippen LogP) is 1.31. The molecule has 0 amide bonds. The Hall–Kier alpha value is -3.66. The molecule has 1 aliphatic rings. The van der Waals surface area contributed by atoms with Crippen molar-refractivity contribution in [2.45, 2.75) is 18.9 Å². The van der Waals surface area contributed by atoms with Crippen LogP contribution in [0.3, 0.4) is 0 Å². The second-order valence-electron chi connectivity index (χ2n) is 5.96. The van der Waals surface area contributed by atoms with Gasteiger partial charge in [0.25, 0.3) is 0 Å². The number of hydrogen-bond acceptors (Lipinski definition) is 6. The molecule has 0 radical (unpaired) electrons. The van der Waals surface area contributed by atoms with Gasteiger partial charge in [0.1, 0.15) is 0 Å². The van der Waals surface area contributed by atoms with E-state index < -0.39 is 23.9 Å². The molecular formula is C19H22N2O8. The minimum Gasteiger partial charge on any atom is -0.473 e. The van der Waals surface area contributed by atoms with E-state index in [0.717, 1.165) is 6.54 Å². The largest absolute Gasteiger partial charge is 0.473 e. The van der Waals surface area contributed by atoms with E-state index in [1.54, 1.807) is 0 Å². The minimum atomic E-state index is -1.82. The molecule has 0 aromatic heterocycles. The van der Waals surface area contributed by atoms with Crippen LogP contribution in [-0.4, -0.2) is 63.4 Å². The predicted molar refractivity (Wildman–Crippen MR) is 104 cm³/mol. The molecular weight excluding hydrogens is 384 g/mol. The molecule has 0 bridgehead atoms. The van der Waals surface area contributed by atoms with E-state index in [1.807, 2.05) is 0 Å². The minimum absolute atomic E-state index is 0.640. The monoisotopic (exact) mass is 406 g/mol. The van der Waals surface area contributed by atoms with Gasteiger partial charge < -0.3 is 31.1 Å². The van der Waals surface area contributed by atoms with Crippen LogP contribution < -0.4 is 10.6 Å². The van der Waals surface area contributed by atoms with Gasteiger partial charge in [0.15, 0.2) is 0 Å². The zero-order valence-corrected chi connectivity index (χ0v) is 15.4. The Morgan fingerprint density at radius 2 is 1.41 bits per heavy atom. The number of carboxylic acids is 4. The summed E-state index contributed by atoms with van der Waals surface area (Å²) in [4.78, 5) is 36.4. The summed E-state index contributed by atoms with van der Waals surface area (Å²) >= 11 is 0. The molecule has 2 aromatic rings. The van der Waals surface area contributed by atoms with Crippen LogP contribution in [-0.2, 0) is 19.2 Å². The summed E-state index contributed by atoms with van der Waals surface area (Å²) in [6, 6.07) is 15.7. The first-order valence-electron chi connectivity index (χ1n) is 8.59. The van der Waals surface area contributed by atoms with E-state index in [9.17, 15) is 0 Å². The van der Waals surface area contributed by atoms with Crippen molar-refractivity contribution >= 4 is 40.3 Å². The van der Waals surface area contributed by atoms with Crippen LogP contribution in [0.1, 0.15) is 12.8 Å². The van der Waals surface area contributed by atoms with Gasteiger partial charge in [-0.1, -0.05) is 30.3 Å². The summed E-state index contributed by atoms with van der Waals surface area (Å²) in [5.41, 5.74) is 1.22. The number of anilines is 1. The van der Waals surface area contributed by atoms with Crippen LogP contribution in [0.4, 0.5) is 5.69 Å². The Labute approximate surface area is 165 Å². The SMILES string of the molecule is O=C(O)C(=O)O.O=C(O)C(=O)O.c1ccc2cc(NCC3CCCN3)ccc2c1. The fourth-order valence-electron chi connectivity index (χ4n) is 2.47. The van der Waals surface area contributed by atoms with Crippen molar-refractivity contribution < 1.29 is 39.6 Å². The molecule has 1 heterocycles. The van der Waals surface area contributed by atoms with Crippen molar-refractivity contribution in [1.29, 1.82) is 0 Å². The molecule has 2 aromatic carbocycles. The molecule has 1 atom stereocenters. The number of aliphatic carboxylic acids is 4. The first kappa shape index (κ1) is 23.4. The molecule has 10 nitrogen and oxygen atoms in total. The van der Waals surface area contributed by atoms with Crippen molar-refractivity contribution in [3.05, 3.63) is 42.5 Å². The van der Waals surface area contributed by atoms with Gasteiger partial charge in [0.2, 0.25) is 0 Å². The lowest BCUT2D eigenvalue weighted by Gasteiger charge is -2.13. The standard InChI is InChI=1S/C15H18N2.2C2H2O4/c1-2-5-13-10-14(8-7-12(13)4-1)17-11-15-6-3-9-16-15;2*3-1(4)2(5)6/h1-2,4-5,7-8,10,15-17H,3,6,9,11H2;2*(H,3,4)(H,5,6). The molecule has 29 heavy (non-hydrogen) atoms. The Balaban J connectivity index is 0.000000293. The summed E-state index contributed by atoms with van der Waals surface area (Å²) in [7, 11) is 0. The quantitative estimate of drug-likeness (QED) is 0.408. The van der Waals surface area contributed by atoms with E-state index in [2.05, 4.69) is 53.1 Å². The fraction of sp³-hybridized carbons (Fsp3) is 0.263. The molecule has 6 N–H and O–H groups in total. The molecule has 0 aliphatic carbocycles. The van der Waals surface area contributed by atoms with Gasteiger partial charge in [-0.3, -0.25) is 0 Å². The van der Waals surface area contributed by atoms with Crippen LogP contribution in [0.15, 0.2) is 42.5 Å². The van der Waals surface area contributed by atoms with Crippen LogP contribution in [0.25, 0.3) is 10.8 Å². The van der Waals surface area contributed by atoms with E-state index in [1.165, 1.54) is 35.8 Å². The number of benzene rings is 2.